The predicted molar refractivity (Wildman–Crippen MR) is 87.3 cm³/mol. The van der Waals surface area contributed by atoms with E-state index in [1.165, 1.54) is 17.1 Å². The van der Waals surface area contributed by atoms with Gasteiger partial charge in [0, 0.05) is 24.7 Å². The molecule has 8 heteroatoms. The number of carbonyl (C=O) groups is 3. The molecule has 24 heavy (non-hydrogen) atoms. The first-order chi connectivity index (χ1) is 11.2. The zero-order valence-electron chi connectivity index (χ0n) is 14.3. The maximum atomic E-state index is 12.4. The van der Waals surface area contributed by atoms with Crippen LogP contribution in [0.2, 0.25) is 0 Å². The zero-order chi connectivity index (χ0) is 17.9. The number of nitrogens with zero attached hydrogens (tertiary/aromatic N) is 3. The van der Waals surface area contributed by atoms with Crippen molar-refractivity contribution in [3.63, 3.8) is 0 Å². The SMILES string of the molecule is CC(C)(C)C(=O)N1CCCC(C(=O)Nc2cnn(CC(=O)O)c2)C1. The largest absolute Gasteiger partial charge is 0.480 e. The van der Waals surface area contributed by atoms with E-state index in [1.54, 1.807) is 4.90 Å². The van der Waals surface area contributed by atoms with Crippen LogP contribution in [0.5, 0.6) is 0 Å². The Hall–Kier alpha value is -2.38. The van der Waals surface area contributed by atoms with Gasteiger partial charge in [-0.2, -0.15) is 5.10 Å². The Morgan fingerprint density at radius 3 is 2.71 bits per heavy atom. The van der Waals surface area contributed by atoms with Gasteiger partial charge in [0.2, 0.25) is 11.8 Å². The fourth-order valence-electron chi connectivity index (χ4n) is 2.75. The number of aromatic nitrogens is 2. The summed E-state index contributed by atoms with van der Waals surface area (Å²) < 4.78 is 1.24. The number of hydrogen-bond donors (Lipinski definition) is 2. The van der Waals surface area contributed by atoms with Crippen LogP contribution in [0.25, 0.3) is 0 Å². The van der Waals surface area contributed by atoms with Gasteiger partial charge in [-0.05, 0) is 12.8 Å². The highest BCUT2D eigenvalue weighted by Crippen LogP contribution is 2.24. The maximum Gasteiger partial charge on any atom is 0.325 e. The molecule has 0 aromatic carbocycles. The summed E-state index contributed by atoms with van der Waals surface area (Å²) in [6.07, 6.45) is 4.41. The molecule has 2 N–H and O–H groups in total. The van der Waals surface area contributed by atoms with Crippen molar-refractivity contribution in [3.05, 3.63) is 12.4 Å². The first kappa shape index (κ1) is 18.0. The molecule has 8 nitrogen and oxygen atoms in total. The number of hydrogen-bond acceptors (Lipinski definition) is 4. The maximum absolute atomic E-state index is 12.4. The van der Waals surface area contributed by atoms with Crippen molar-refractivity contribution in [1.82, 2.24) is 14.7 Å². The molecular formula is C16H24N4O4. The molecule has 1 aromatic heterocycles. The summed E-state index contributed by atoms with van der Waals surface area (Å²) in [5, 5.41) is 15.4. The van der Waals surface area contributed by atoms with Gasteiger partial charge in [0.25, 0.3) is 0 Å². The summed E-state index contributed by atoms with van der Waals surface area (Å²) in [4.78, 5) is 37.2. The fraction of sp³-hybridized carbons (Fsp3) is 0.625. The number of piperidine rings is 1. The lowest BCUT2D eigenvalue weighted by molar-refractivity contribution is -0.142. The molecule has 0 spiro atoms. The van der Waals surface area contributed by atoms with Crippen molar-refractivity contribution in [2.45, 2.75) is 40.2 Å². The molecule has 1 aliphatic rings. The number of carboxylic acid groups (broad SMARTS) is 1. The quantitative estimate of drug-likeness (QED) is 0.859. The highest BCUT2D eigenvalue weighted by molar-refractivity contribution is 5.93. The van der Waals surface area contributed by atoms with E-state index in [-0.39, 0.29) is 24.3 Å². The van der Waals surface area contributed by atoms with Crippen LogP contribution in [0.3, 0.4) is 0 Å². The molecule has 1 atom stereocenters. The molecule has 1 unspecified atom stereocenters. The minimum absolute atomic E-state index is 0.0503. The summed E-state index contributed by atoms with van der Waals surface area (Å²) in [6.45, 7) is 6.44. The molecule has 1 aliphatic heterocycles. The van der Waals surface area contributed by atoms with Gasteiger partial charge in [-0.1, -0.05) is 20.8 Å². The average Bonchev–Trinajstić information content (AvgIpc) is 2.91. The van der Waals surface area contributed by atoms with Crippen molar-refractivity contribution < 1.29 is 19.5 Å². The molecule has 132 valence electrons. The van der Waals surface area contributed by atoms with Crippen LogP contribution in [-0.2, 0) is 20.9 Å². The summed E-state index contributed by atoms with van der Waals surface area (Å²) in [5.41, 5.74) is -0.00315. The fourth-order valence-corrected chi connectivity index (χ4v) is 2.75. The zero-order valence-corrected chi connectivity index (χ0v) is 14.3. The molecule has 2 amide bonds. The van der Waals surface area contributed by atoms with Crippen LogP contribution >= 0.6 is 0 Å². The van der Waals surface area contributed by atoms with Gasteiger partial charge in [0.15, 0.2) is 0 Å². The van der Waals surface area contributed by atoms with Crippen molar-refractivity contribution >= 4 is 23.5 Å². The Morgan fingerprint density at radius 2 is 2.08 bits per heavy atom. The average molecular weight is 336 g/mol. The van der Waals surface area contributed by atoms with E-state index in [4.69, 9.17) is 5.11 Å². The van der Waals surface area contributed by atoms with E-state index in [2.05, 4.69) is 10.4 Å². The second-order valence-electron chi connectivity index (χ2n) is 7.15. The van der Waals surface area contributed by atoms with E-state index < -0.39 is 11.4 Å². The van der Waals surface area contributed by atoms with Crippen LogP contribution in [0.15, 0.2) is 12.4 Å². The molecule has 1 fully saturated rings. The van der Waals surface area contributed by atoms with Crippen LogP contribution in [0, 0.1) is 11.3 Å². The molecule has 0 bridgehead atoms. The Labute approximate surface area is 140 Å². The third-order valence-electron chi connectivity index (χ3n) is 3.92. The van der Waals surface area contributed by atoms with E-state index in [1.807, 2.05) is 20.8 Å². The van der Waals surface area contributed by atoms with Gasteiger partial charge in [0.05, 0.1) is 17.8 Å². The number of carbonyl (C=O) groups excluding carboxylic acids is 2. The number of anilines is 1. The van der Waals surface area contributed by atoms with Crippen molar-refractivity contribution in [2.24, 2.45) is 11.3 Å². The summed E-state index contributed by atoms with van der Waals surface area (Å²) in [5.74, 6) is -1.39. The van der Waals surface area contributed by atoms with Gasteiger partial charge in [-0.3, -0.25) is 19.1 Å². The number of rotatable bonds is 4. The molecule has 1 aromatic rings. The Morgan fingerprint density at radius 1 is 1.38 bits per heavy atom. The number of nitrogens with one attached hydrogen (secondary N) is 1. The van der Waals surface area contributed by atoms with Crippen LogP contribution in [-0.4, -0.2) is 50.7 Å². The predicted octanol–water partition coefficient (Wildman–Crippen LogP) is 1.19. The van der Waals surface area contributed by atoms with Gasteiger partial charge in [0.1, 0.15) is 6.54 Å². The Kier molecular flexibility index (Phi) is 5.26. The van der Waals surface area contributed by atoms with Gasteiger partial charge >= 0.3 is 5.97 Å². The molecule has 0 saturated carbocycles. The molecule has 1 saturated heterocycles. The molecular weight excluding hydrogens is 312 g/mol. The summed E-state index contributed by atoms with van der Waals surface area (Å²) in [6, 6.07) is 0. The van der Waals surface area contributed by atoms with E-state index in [0.717, 1.165) is 12.8 Å². The van der Waals surface area contributed by atoms with Crippen LogP contribution in [0.1, 0.15) is 33.6 Å². The van der Waals surface area contributed by atoms with E-state index in [0.29, 0.717) is 18.8 Å². The minimum Gasteiger partial charge on any atom is -0.480 e. The highest BCUT2D eigenvalue weighted by Gasteiger charge is 2.33. The summed E-state index contributed by atoms with van der Waals surface area (Å²) in [7, 11) is 0. The minimum atomic E-state index is -1.00. The number of amides is 2. The smallest absolute Gasteiger partial charge is 0.325 e. The molecule has 2 heterocycles. The third kappa shape index (κ3) is 4.56. The van der Waals surface area contributed by atoms with Crippen LogP contribution < -0.4 is 5.32 Å². The Balaban J connectivity index is 1.95. The number of aliphatic carboxylic acids is 1. The lowest BCUT2D eigenvalue weighted by Gasteiger charge is -2.35. The van der Waals surface area contributed by atoms with Crippen molar-refractivity contribution in [1.29, 1.82) is 0 Å². The standard InChI is InChI=1S/C16H24N4O4/c1-16(2,3)15(24)19-6-4-5-11(8-19)14(23)18-12-7-17-20(9-12)10-13(21)22/h7,9,11H,4-6,8,10H2,1-3H3,(H,18,23)(H,21,22). The highest BCUT2D eigenvalue weighted by atomic mass is 16.4. The lowest BCUT2D eigenvalue weighted by atomic mass is 9.91. The van der Waals surface area contributed by atoms with Crippen molar-refractivity contribution in [3.8, 4) is 0 Å². The molecule has 0 radical (unpaired) electrons. The number of likely N-dealkylation sites (tertiary alicyclic amines) is 1. The van der Waals surface area contributed by atoms with E-state index in [9.17, 15) is 14.4 Å². The van der Waals surface area contributed by atoms with Crippen molar-refractivity contribution in [2.75, 3.05) is 18.4 Å². The normalized spacial score (nSPS) is 18.3. The second kappa shape index (κ2) is 7.02. The third-order valence-corrected chi connectivity index (χ3v) is 3.92. The van der Waals surface area contributed by atoms with Gasteiger partial charge in [-0.25, -0.2) is 0 Å². The van der Waals surface area contributed by atoms with E-state index >= 15 is 0 Å². The Bertz CT molecular complexity index is 632. The summed E-state index contributed by atoms with van der Waals surface area (Å²) >= 11 is 0. The molecule has 2 rings (SSSR count). The topological polar surface area (TPSA) is 105 Å². The lowest BCUT2D eigenvalue weighted by Crippen LogP contribution is -2.47. The first-order valence-electron chi connectivity index (χ1n) is 8.01. The number of carboxylic acids is 1. The monoisotopic (exact) mass is 336 g/mol. The van der Waals surface area contributed by atoms with Gasteiger partial charge in [-0.15, -0.1) is 0 Å². The first-order valence-corrected chi connectivity index (χ1v) is 8.01. The van der Waals surface area contributed by atoms with Gasteiger partial charge < -0.3 is 15.3 Å². The second-order valence-corrected chi connectivity index (χ2v) is 7.15. The molecule has 0 aliphatic carbocycles. The van der Waals surface area contributed by atoms with Crippen LogP contribution in [0.4, 0.5) is 5.69 Å².